The van der Waals surface area contributed by atoms with Gasteiger partial charge in [0.25, 0.3) is 0 Å². The standard InChI is InChI=1S/C20H17N3O3/c1-13(24)17-18(14-7-3-2-4-8-14)22-20(25)23-19(17)15-9-5-6-10-16(15)26-12-11-21/h2-10,19H,12H2,1H3,(H2,22,23,25)/t19-/m0/s1. The van der Waals surface area contributed by atoms with Gasteiger partial charge in [0, 0.05) is 11.1 Å². The van der Waals surface area contributed by atoms with E-state index in [0.717, 1.165) is 5.56 Å². The molecule has 6 heteroatoms. The van der Waals surface area contributed by atoms with E-state index in [1.54, 1.807) is 24.3 Å². The molecule has 0 saturated carbocycles. The number of nitrogens with one attached hydrogen (secondary N) is 2. The number of hydrogen-bond donors (Lipinski definition) is 2. The van der Waals surface area contributed by atoms with Crippen LogP contribution in [0.5, 0.6) is 5.75 Å². The maximum absolute atomic E-state index is 12.5. The Kier molecular flexibility index (Phi) is 4.99. The number of carbonyl (C=O) groups is 2. The number of ketones is 1. The van der Waals surface area contributed by atoms with Crippen molar-refractivity contribution in [1.82, 2.24) is 10.6 Å². The lowest BCUT2D eigenvalue weighted by molar-refractivity contribution is -0.113. The second-order valence-electron chi connectivity index (χ2n) is 5.73. The van der Waals surface area contributed by atoms with Crippen molar-refractivity contribution < 1.29 is 14.3 Å². The highest BCUT2D eigenvalue weighted by Gasteiger charge is 2.33. The maximum atomic E-state index is 12.5. The van der Waals surface area contributed by atoms with E-state index in [9.17, 15) is 9.59 Å². The highest BCUT2D eigenvalue weighted by Crippen LogP contribution is 2.35. The molecule has 1 atom stereocenters. The van der Waals surface area contributed by atoms with Crippen molar-refractivity contribution in [1.29, 1.82) is 5.26 Å². The summed E-state index contributed by atoms with van der Waals surface area (Å²) < 4.78 is 5.48. The van der Waals surface area contributed by atoms with Gasteiger partial charge in [0.2, 0.25) is 0 Å². The molecule has 1 aliphatic rings. The molecule has 0 unspecified atom stereocenters. The zero-order chi connectivity index (χ0) is 18.5. The van der Waals surface area contributed by atoms with Crippen molar-refractivity contribution in [3.8, 4) is 11.8 Å². The summed E-state index contributed by atoms with van der Waals surface area (Å²) in [5, 5.41) is 14.3. The van der Waals surface area contributed by atoms with Crippen LogP contribution in [0.1, 0.15) is 24.1 Å². The lowest BCUT2D eigenvalue weighted by Gasteiger charge is -2.30. The molecule has 0 bridgehead atoms. The normalized spacial score (nSPS) is 16.3. The second kappa shape index (κ2) is 7.53. The molecule has 0 saturated heterocycles. The molecule has 2 N–H and O–H groups in total. The zero-order valence-electron chi connectivity index (χ0n) is 14.2. The Bertz CT molecular complexity index is 913. The first-order valence-electron chi connectivity index (χ1n) is 8.08. The van der Waals surface area contributed by atoms with Gasteiger partial charge in [-0.3, -0.25) is 4.79 Å². The number of hydrogen-bond acceptors (Lipinski definition) is 4. The summed E-state index contributed by atoms with van der Waals surface area (Å²) in [6, 6.07) is 17.1. The minimum Gasteiger partial charge on any atom is -0.478 e. The SMILES string of the molecule is CC(=O)C1=C(c2ccccc2)NC(=O)N[C@H]1c1ccccc1OCC#N. The molecular formula is C20H17N3O3. The Hall–Kier alpha value is -3.59. The fourth-order valence-corrected chi connectivity index (χ4v) is 2.97. The largest absolute Gasteiger partial charge is 0.478 e. The minimum atomic E-state index is -0.675. The van der Waals surface area contributed by atoms with Crippen molar-refractivity contribution in [3.05, 3.63) is 71.3 Å². The van der Waals surface area contributed by atoms with Crippen LogP contribution in [0.2, 0.25) is 0 Å². The predicted octanol–water partition coefficient (Wildman–Crippen LogP) is 2.94. The van der Waals surface area contributed by atoms with Gasteiger partial charge in [-0.15, -0.1) is 0 Å². The Morgan fingerprint density at radius 2 is 1.85 bits per heavy atom. The minimum absolute atomic E-state index is 0.124. The summed E-state index contributed by atoms with van der Waals surface area (Å²) in [6.45, 7) is 1.34. The van der Waals surface area contributed by atoms with Crippen LogP contribution in [0, 0.1) is 11.3 Å². The third kappa shape index (κ3) is 3.42. The molecule has 0 spiro atoms. The third-order valence-corrected chi connectivity index (χ3v) is 4.04. The number of carbonyl (C=O) groups excluding carboxylic acids is 2. The number of benzene rings is 2. The molecular weight excluding hydrogens is 330 g/mol. The maximum Gasteiger partial charge on any atom is 0.320 e. The van der Waals surface area contributed by atoms with Gasteiger partial charge in [0.1, 0.15) is 11.8 Å². The summed E-state index contributed by atoms with van der Waals surface area (Å²) >= 11 is 0. The quantitative estimate of drug-likeness (QED) is 0.870. The van der Waals surface area contributed by atoms with E-state index in [0.29, 0.717) is 22.6 Å². The van der Waals surface area contributed by atoms with E-state index >= 15 is 0 Å². The van der Waals surface area contributed by atoms with Gasteiger partial charge in [-0.2, -0.15) is 5.26 Å². The number of rotatable bonds is 5. The average Bonchev–Trinajstić information content (AvgIpc) is 2.66. The van der Waals surface area contributed by atoms with Crippen LogP contribution in [0.15, 0.2) is 60.2 Å². The molecule has 3 rings (SSSR count). The van der Waals surface area contributed by atoms with Crippen molar-refractivity contribution in [2.24, 2.45) is 0 Å². The van der Waals surface area contributed by atoms with Gasteiger partial charge in [-0.05, 0) is 18.6 Å². The highest BCUT2D eigenvalue weighted by atomic mass is 16.5. The molecule has 1 heterocycles. The number of amides is 2. The topological polar surface area (TPSA) is 91.2 Å². The number of urea groups is 1. The molecule has 130 valence electrons. The van der Waals surface area contributed by atoms with Crippen LogP contribution in [0.25, 0.3) is 5.70 Å². The third-order valence-electron chi connectivity index (χ3n) is 4.04. The fraction of sp³-hybridized carbons (Fsp3) is 0.150. The molecule has 0 fully saturated rings. The van der Waals surface area contributed by atoms with Crippen molar-refractivity contribution in [3.63, 3.8) is 0 Å². The van der Waals surface area contributed by atoms with Crippen molar-refractivity contribution >= 4 is 17.5 Å². The van der Waals surface area contributed by atoms with Crippen LogP contribution in [0.3, 0.4) is 0 Å². The van der Waals surface area contributed by atoms with Crippen LogP contribution >= 0.6 is 0 Å². The van der Waals surface area contributed by atoms with E-state index in [2.05, 4.69) is 10.6 Å². The van der Waals surface area contributed by atoms with Gasteiger partial charge in [-0.1, -0.05) is 48.5 Å². The van der Waals surface area contributed by atoms with E-state index < -0.39 is 12.1 Å². The van der Waals surface area contributed by atoms with E-state index in [1.165, 1.54) is 6.92 Å². The molecule has 2 aromatic carbocycles. The molecule has 0 aliphatic carbocycles. The molecule has 0 aromatic heterocycles. The molecule has 2 aromatic rings. The summed E-state index contributed by atoms with van der Waals surface area (Å²) in [5.41, 5.74) is 2.27. The number of nitrogens with zero attached hydrogens (tertiary/aromatic N) is 1. The number of nitriles is 1. The summed E-state index contributed by atoms with van der Waals surface area (Å²) in [7, 11) is 0. The van der Waals surface area contributed by atoms with Crippen molar-refractivity contribution in [2.45, 2.75) is 13.0 Å². The lowest BCUT2D eigenvalue weighted by Crippen LogP contribution is -2.44. The fourth-order valence-electron chi connectivity index (χ4n) is 2.97. The van der Waals surface area contributed by atoms with Gasteiger partial charge >= 0.3 is 6.03 Å². The Labute approximate surface area is 151 Å². The van der Waals surface area contributed by atoms with Crippen LogP contribution in [0.4, 0.5) is 4.79 Å². The molecule has 1 aliphatic heterocycles. The highest BCUT2D eigenvalue weighted by molar-refractivity contribution is 6.07. The zero-order valence-corrected chi connectivity index (χ0v) is 14.2. The van der Waals surface area contributed by atoms with Gasteiger partial charge in [0.05, 0.1) is 11.7 Å². The van der Waals surface area contributed by atoms with E-state index in [4.69, 9.17) is 10.00 Å². The Balaban J connectivity index is 2.16. The van der Waals surface area contributed by atoms with Gasteiger partial charge in [0.15, 0.2) is 12.4 Å². The summed E-state index contributed by atoms with van der Waals surface area (Å²) in [4.78, 5) is 24.7. The lowest BCUT2D eigenvalue weighted by atomic mass is 9.90. The number of para-hydroxylation sites is 1. The van der Waals surface area contributed by atoms with Gasteiger partial charge < -0.3 is 15.4 Å². The molecule has 0 radical (unpaired) electrons. The molecule has 6 nitrogen and oxygen atoms in total. The van der Waals surface area contributed by atoms with Crippen molar-refractivity contribution in [2.75, 3.05) is 6.61 Å². The second-order valence-corrected chi connectivity index (χ2v) is 5.73. The number of ether oxygens (including phenoxy) is 1. The summed E-state index contributed by atoms with van der Waals surface area (Å²) in [6.07, 6.45) is 0. The number of Topliss-reactive ketones (excluding diaryl/α,β-unsaturated/α-hetero) is 1. The Morgan fingerprint density at radius 1 is 1.15 bits per heavy atom. The average molecular weight is 347 g/mol. The smallest absolute Gasteiger partial charge is 0.320 e. The van der Waals surface area contributed by atoms with Crippen LogP contribution in [-0.2, 0) is 4.79 Å². The molecule has 2 amide bonds. The molecule has 26 heavy (non-hydrogen) atoms. The first-order valence-corrected chi connectivity index (χ1v) is 8.08. The first-order chi connectivity index (χ1) is 12.6. The monoisotopic (exact) mass is 347 g/mol. The van der Waals surface area contributed by atoms with Crippen LogP contribution < -0.4 is 15.4 Å². The van der Waals surface area contributed by atoms with E-state index in [1.807, 2.05) is 36.4 Å². The van der Waals surface area contributed by atoms with Crippen LogP contribution in [-0.4, -0.2) is 18.4 Å². The first kappa shape index (κ1) is 17.2. The predicted molar refractivity (Wildman–Crippen MR) is 96.0 cm³/mol. The van der Waals surface area contributed by atoms with E-state index in [-0.39, 0.29) is 12.4 Å². The van der Waals surface area contributed by atoms with Gasteiger partial charge in [-0.25, -0.2) is 4.79 Å². The summed E-state index contributed by atoms with van der Waals surface area (Å²) in [5.74, 6) is 0.281. The Morgan fingerprint density at radius 3 is 2.54 bits per heavy atom.